The normalized spacial score (nSPS) is 16.9. The standard InChI is InChI=1S/C25H25F3O4/c1-24(2,3)32-22(23(29)30)21-19(25(26,27)28)9-8-18(14-4-5-14)20(21)16-6-7-17-13-31-11-10-15(17)12-16/h6-10,12-14,22H,4-5,11H2,1-3H3,(H,29,30). The molecule has 2 aromatic carbocycles. The average Bonchev–Trinajstić information content (AvgIpc) is 3.54. The van der Waals surface area contributed by atoms with Crippen LogP contribution < -0.4 is 10.4 Å². The molecule has 1 aliphatic carbocycles. The summed E-state index contributed by atoms with van der Waals surface area (Å²) in [6, 6.07) is 7.80. The number of ether oxygens (including phenoxy) is 2. The van der Waals surface area contributed by atoms with Crippen molar-refractivity contribution in [3.8, 4) is 11.1 Å². The monoisotopic (exact) mass is 446 g/mol. The van der Waals surface area contributed by atoms with Gasteiger partial charge in [-0.1, -0.05) is 18.2 Å². The highest BCUT2D eigenvalue weighted by atomic mass is 19.4. The highest BCUT2D eigenvalue weighted by Gasteiger charge is 2.42. The summed E-state index contributed by atoms with van der Waals surface area (Å²) < 4.78 is 53.5. The summed E-state index contributed by atoms with van der Waals surface area (Å²) in [6.07, 6.45) is -1.33. The van der Waals surface area contributed by atoms with E-state index in [1.807, 2.05) is 6.08 Å². The van der Waals surface area contributed by atoms with Gasteiger partial charge in [-0.05, 0) is 79.6 Å². The lowest BCUT2D eigenvalue weighted by Gasteiger charge is -2.30. The molecule has 1 heterocycles. The molecule has 4 nitrogen and oxygen atoms in total. The van der Waals surface area contributed by atoms with E-state index in [0.29, 0.717) is 17.7 Å². The van der Waals surface area contributed by atoms with Gasteiger partial charge in [0.05, 0.1) is 17.4 Å². The van der Waals surface area contributed by atoms with Gasteiger partial charge in [-0.15, -0.1) is 0 Å². The zero-order valence-electron chi connectivity index (χ0n) is 18.1. The van der Waals surface area contributed by atoms with Crippen LogP contribution in [0.5, 0.6) is 0 Å². The van der Waals surface area contributed by atoms with Crippen molar-refractivity contribution >= 4 is 18.3 Å². The van der Waals surface area contributed by atoms with Gasteiger partial charge in [0.15, 0.2) is 6.10 Å². The van der Waals surface area contributed by atoms with Gasteiger partial charge in [0, 0.05) is 10.8 Å². The van der Waals surface area contributed by atoms with Crippen molar-refractivity contribution in [2.24, 2.45) is 0 Å². The maximum absolute atomic E-state index is 14.1. The number of halogens is 3. The lowest BCUT2D eigenvalue weighted by molar-refractivity contribution is -0.163. The third kappa shape index (κ3) is 4.53. The SMILES string of the molecule is CC(C)(C)OC(C(=O)O)c1c(C(F)(F)F)ccc(C2CC2)c1-c1ccc2c(c1)=CCOC=2. The summed E-state index contributed by atoms with van der Waals surface area (Å²) in [7, 11) is 0. The van der Waals surface area contributed by atoms with Crippen molar-refractivity contribution < 1.29 is 32.5 Å². The second kappa shape index (κ2) is 7.96. The Morgan fingerprint density at radius 3 is 2.44 bits per heavy atom. The Labute approximate surface area is 184 Å². The molecule has 0 amide bonds. The molecule has 32 heavy (non-hydrogen) atoms. The number of hydrogen-bond acceptors (Lipinski definition) is 3. The van der Waals surface area contributed by atoms with Crippen LogP contribution in [0.1, 0.15) is 62.3 Å². The van der Waals surface area contributed by atoms with Gasteiger partial charge < -0.3 is 14.6 Å². The van der Waals surface area contributed by atoms with Gasteiger partial charge >= 0.3 is 12.1 Å². The van der Waals surface area contributed by atoms with Crippen molar-refractivity contribution in [3.63, 3.8) is 0 Å². The number of fused-ring (bicyclic) bond motifs is 1. The van der Waals surface area contributed by atoms with E-state index in [1.54, 1.807) is 45.2 Å². The number of carbonyl (C=O) groups is 1. The van der Waals surface area contributed by atoms with E-state index in [9.17, 15) is 23.1 Å². The van der Waals surface area contributed by atoms with E-state index >= 15 is 0 Å². The summed E-state index contributed by atoms with van der Waals surface area (Å²) in [6.45, 7) is 5.26. The van der Waals surface area contributed by atoms with Crippen LogP contribution in [-0.4, -0.2) is 23.3 Å². The molecule has 1 atom stereocenters. The van der Waals surface area contributed by atoms with Crippen molar-refractivity contribution in [2.75, 3.05) is 6.61 Å². The third-order valence-corrected chi connectivity index (χ3v) is 5.54. The molecule has 0 radical (unpaired) electrons. The zero-order chi connectivity index (χ0) is 23.3. The van der Waals surface area contributed by atoms with E-state index in [-0.39, 0.29) is 11.5 Å². The third-order valence-electron chi connectivity index (χ3n) is 5.54. The fraction of sp³-hybridized carbons (Fsp3) is 0.400. The largest absolute Gasteiger partial charge is 0.496 e. The number of carboxylic acid groups (broad SMARTS) is 1. The van der Waals surface area contributed by atoms with Crippen molar-refractivity contribution in [1.29, 1.82) is 0 Å². The minimum atomic E-state index is -4.73. The van der Waals surface area contributed by atoms with E-state index in [0.717, 1.165) is 34.9 Å². The van der Waals surface area contributed by atoms with Gasteiger partial charge in [0.25, 0.3) is 0 Å². The fourth-order valence-electron chi connectivity index (χ4n) is 4.09. The van der Waals surface area contributed by atoms with Crippen LogP contribution in [-0.2, 0) is 20.4 Å². The van der Waals surface area contributed by atoms with E-state index in [2.05, 4.69) is 0 Å². The molecule has 1 saturated carbocycles. The first-order valence-corrected chi connectivity index (χ1v) is 10.5. The van der Waals surface area contributed by atoms with Crippen LogP contribution in [0.25, 0.3) is 23.5 Å². The number of carboxylic acids is 1. The molecule has 4 rings (SSSR count). The molecule has 7 heteroatoms. The first kappa shape index (κ1) is 22.4. The molecule has 0 bridgehead atoms. The van der Waals surface area contributed by atoms with Crippen molar-refractivity contribution in [1.82, 2.24) is 0 Å². The Kier molecular flexibility index (Phi) is 5.57. The van der Waals surface area contributed by atoms with E-state index in [4.69, 9.17) is 9.47 Å². The van der Waals surface area contributed by atoms with Gasteiger partial charge in [-0.3, -0.25) is 0 Å². The lowest BCUT2D eigenvalue weighted by atomic mass is 9.85. The first-order chi connectivity index (χ1) is 15.0. The highest BCUT2D eigenvalue weighted by Crippen LogP contribution is 2.50. The smallest absolute Gasteiger partial charge is 0.416 e. The van der Waals surface area contributed by atoms with Crippen LogP contribution >= 0.6 is 0 Å². The number of aliphatic carboxylic acids is 1. The molecule has 2 aromatic rings. The molecule has 1 N–H and O–H groups in total. The molecule has 1 fully saturated rings. The van der Waals surface area contributed by atoms with Crippen LogP contribution in [0.15, 0.2) is 30.3 Å². The number of rotatable bonds is 5. The lowest BCUT2D eigenvalue weighted by Crippen LogP contribution is -2.30. The van der Waals surface area contributed by atoms with Crippen LogP contribution in [0, 0.1) is 0 Å². The topological polar surface area (TPSA) is 55.8 Å². The van der Waals surface area contributed by atoms with Crippen molar-refractivity contribution in [3.05, 3.63) is 57.5 Å². The Balaban J connectivity index is 2.06. The Bertz CT molecular complexity index is 1170. The fourth-order valence-corrected chi connectivity index (χ4v) is 4.09. The first-order valence-electron chi connectivity index (χ1n) is 10.5. The van der Waals surface area contributed by atoms with Crippen LogP contribution in [0.4, 0.5) is 13.2 Å². The van der Waals surface area contributed by atoms with Crippen LogP contribution in [0.2, 0.25) is 0 Å². The average molecular weight is 446 g/mol. The Morgan fingerprint density at radius 1 is 1.12 bits per heavy atom. The predicted octanol–water partition coefficient (Wildman–Crippen LogP) is 4.74. The second-order valence-corrected chi connectivity index (χ2v) is 9.21. The number of hydrogen-bond donors (Lipinski definition) is 1. The van der Waals surface area contributed by atoms with Crippen molar-refractivity contribution in [2.45, 2.75) is 57.4 Å². The Morgan fingerprint density at radius 2 is 1.84 bits per heavy atom. The summed E-state index contributed by atoms with van der Waals surface area (Å²) in [5, 5.41) is 11.6. The summed E-state index contributed by atoms with van der Waals surface area (Å²) in [4.78, 5) is 12.2. The van der Waals surface area contributed by atoms with E-state index < -0.39 is 29.4 Å². The van der Waals surface area contributed by atoms with Gasteiger partial charge in [-0.2, -0.15) is 13.2 Å². The maximum atomic E-state index is 14.1. The molecule has 1 unspecified atom stereocenters. The van der Waals surface area contributed by atoms with Gasteiger partial charge in [0.1, 0.15) is 6.61 Å². The highest BCUT2D eigenvalue weighted by molar-refractivity contribution is 5.83. The predicted molar refractivity (Wildman–Crippen MR) is 114 cm³/mol. The van der Waals surface area contributed by atoms with Crippen LogP contribution in [0.3, 0.4) is 0 Å². The maximum Gasteiger partial charge on any atom is 0.416 e. The number of alkyl halides is 3. The summed E-state index contributed by atoms with van der Waals surface area (Å²) >= 11 is 0. The Hall–Kier alpha value is -2.80. The minimum Gasteiger partial charge on any atom is -0.496 e. The molecule has 0 aromatic heterocycles. The quantitative estimate of drug-likeness (QED) is 0.721. The molecular weight excluding hydrogens is 421 g/mol. The molecule has 1 aliphatic heterocycles. The number of benzene rings is 2. The molecule has 2 aliphatic rings. The molecule has 0 saturated heterocycles. The van der Waals surface area contributed by atoms with E-state index in [1.165, 1.54) is 6.07 Å². The second-order valence-electron chi connectivity index (χ2n) is 9.21. The van der Waals surface area contributed by atoms with Gasteiger partial charge in [0.2, 0.25) is 0 Å². The zero-order valence-corrected chi connectivity index (χ0v) is 18.1. The minimum absolute atomic E-state index is 0.102. The summed E-state index contributed by atoms with van der Waals surface area (Å²) in [5.74, 6) is -1.35. The summed E-state index contributed by atoms with van der Waals surface area (Å²) in [5.41, 5.74) is -0.698. The molecule has 170 valence electrons. The molecular formula is C25H25F3O4. The molecule has 0 spiro atoms. The van der Waals surface area contributed by atoms with Gasteiger partial charge in [-0.25, -0.2) is 4.79 Å².